The summed E-state index contributed by atoms with van der Waals surface area (Å²) in [6.45, 7) is 1.92. The highest BCUT2D eigenvalue weighted by atomic mass is 35.5. The average molecular weight is 375 g/mol. The van der Waals surface area contributed by atoms with Crippen LogP contribution in [0.2, 0.25) is 5.02 Å². The summed E-state index contributed by atoms with van der Waals surface area (Å²) in [5.41, 5.74) is 2.81. The van der Waals surface area contributed by atoms with E-state index in [4.69, 9.17) is 11.6 Å². The zero-order chi connectivity index (χ0) is 17.7. The SMILES string of the molecule is Cc1nn(C)c(-n2ccc3cc(Cl)ccc32)c1CC1SC(=O)NC1=O. The molecule has 25 heavy (non-hydrogen) atoms. The topological polar surface area (TPSA) is 68.9 Å². The highest BCUT2D eigenvalue weighted by Crippen LogP contribution is 2.30. The van der Waals surface area contributed by atoms with Gasteiger partial charge in [-0.3, -0.25) is 19.6 Å². The van der Waals surface area contributed by atoms with Crippen LogP contribution in [0, 0.1) is 6.92 Å². The van der Waals surface area contributed by atoms with Crippen LogP contribution in [0.4, 0.5) is 4.79 Å². The first-order chi connectivity index (χ1) is 11.9. The Kier molecular flexibility index (Phi) is 3.85. The second-order valence-corrected chi connectivity index (χ2v) is 7.60. The molecule has 0 aliphatic carbocycles. The third-order valence-corrected chi connectivity index (χ3v) is 5.57. The van der Waals surface area contributed by atoms with E-state index in [0.717, 1.165) is 39.7 Å². The van der Waals surface area contributed by atoms with Crippen LogP contribution in [-0.2, 0) is 18.3 Å². The minimum atomic E-state index is -0.426. The van der Waals surface area contributed by atoms with E-state index in [0.29, 0.717) is 11.4 Å². The molecular formula is C17H15ClN4O2S. The van der Waals surface area contributed by atoms with Gasteiger partial charge in [-0.2, -0.15) is 5.10 Å². The molecule has 1 saturated heterocycles. The van der Waals surface area contributed by atoms with E-state index in [1.807, 2.05) is 49.0 Å². The van der Waals surface area contributed by atoms with Crippen molar-refractivity contribution in [1.82, 2.24) is 19.7 Å². The average Bonchev–Trinajstić information content (AvgIpc) is 3.16. The van der Waals surface area contributed by atoms with Gasteiger partial charge >= 0.3 is 0 Å². The molecule has 3 heterocycles. The first-order valence-corrected chi connectivity index (χ1v) is 9.01. The van der Waals surface area contributed by atoms with Gasteiger partial charge < -0.3 is 4.57 Å². The van der Waals surface area contributed by atoms with E-state index < -0.39 is 5.25 Å². The molecule has 4 rings (SSSR count). The number of imide groups is 1. The standard InChI is InChI=1S/C17H15ClN4O2S/c1-9-12(8-14-15(23)19-17(24)25-14)16(21(2)20-9)22-6-5-10-7-11(18)3-4-13(10)22/h3-7,14H,8H2,1-2H3,(H,19,23,24). The van der Waals surface area contributed by atoms with Gasteiger partial charge in [0, 0.05) is 29.2 Å². The van der Waals surface area contributed by atoms with Crippen molar-refractivity contribution in [2.75, 3.05) is 0 Å². The van der Waals surface area contributed by atoms with Crippen LogP contribution in [-0.4, -0.2) is 30.7 Å². The van der Waals surface area contributed by atoms with Crippen molar-refractivity contribution in [3.63, 3.8) is 0 Å². The molecule has 0 spiro atoms. The second kappa shape index (κ2) is 5.93. The number of benzene rings is 1. The molecule has 6 nitrogen and oxygen atoms in total. The van der Waals surface area contributed by atoms with Crippen molar-refractivity contribution in [3.8, 4) is 5.82 Å². The number of carbonyl (C=O) groups excluding carboxylic acids is 2. The Morgan fingerprint density at radius 3 is 2.84 bits per heavy atom. The number of thioether (sulfide) groups is 1. The zero-order valence-electron chi connectivity index (χ0n) is 13.6. The Bertz CT molecular complexity index is 1020. The Labute approximate surface area is 153 Å². The number of halogens is 1. The molecule has 1 N–H and O–H groups in total. The molecule has 1 aliphatic heterocycles. The number of hydrogen-bond donors (Lipinski definition) is 1. The maximum Gasteiger partial charge on any atom is 0.286 e. The minimum absolute atomic E-state index is 0.242. The highest BCUT2D eigenvalue weighted by Gasteiger charge is 2.33. The summed E-state index contributed by atoms with van der Waals surface area (Å²) in [6.07, 6.45) is 2.42. The number of hydrogen-bond acceptors (Lipinski definition) is 4. The van der Waals surface area contributed by atoms with Crippen molar-refractivity contribution >= 4 is 45.4 Å². The Morgan fingerprint density at radius 1 is 1.32 bits per heavy atom. The Morgan fingerprint density at radius 2 is 2.12 bits per heavy atom. The van der Waals surface area contributed by atoms with E-state index in [2.05, 4.69) is 10.4 Å². The van der Waals surface area contributed by atoms with Crippen LogP contribution in [0.15, 0.2) is 30.5 Å². The maximum atomic E-state index is 12.0. The van der Waals surface area contributed by atoms with E-state index in [1.165, 1.54) is 0 Å². The number of aromatic nitrogens is 3. The van der Waals surface area contributed by atoms with Gasteiger partial charge in [-0.1, -0.05) is 23.4 Å². The van der Waals surface area contributed by atoms with Crippen LogP contribution in [0.1, 0.15) is 11.3 Å². The predicted octanol–water partition coefficient (Wildman–Crippen LogP) is 3.22. The fourth-order valence-electron chi connectivity index (χ4n) is 3.24. The molecule has 1 aliphatic rings. The van der Waals surface area contributed by atoms with Gasteiger partial charge in [0.05, 0.1) is 16.5 Å². The van der Waals surface area contributed by atoms with Crippen molar-refractivity contribution in [2.45, 2.75) is 18.6 Å². The van der Waals surface area contributed by atoms with Gasteiger partial charge in [0.25, 0.3) is 5.24 Å². The zero-order valence-corrected chi connectivity index (χ0v) is 15.2. The molecule has 1 aromatic carbocycles. The number of aryl methyl sites for hydroxylation is 2. The second-order valence-electron chi connectivity index (χ2n) is 5.99. The van der Waals surface area contributed by atoms with E-state index in [1.54, 1.807) is 4.68 Å². The fraction of sp³-hybridized carbons (Fsp3) is 0.235. The molecule has 0 saturated carbocycles. The van der Waals surface area contributed by atoms with Gasteiger partial charge in [-0.25, -0.2) is 0 Å². The normalized spacial score (nSPS) is 17.5. The minimum Gasteiger partial charge on any atom is -0.301 e. The lowest BCUT2D eigenvalue weighted by molar-refractivity contribution is -0.118. The smallest absolute Gasteiger partial charge is 0.286 e. The van der Waals surface area contributed by atoms with E-state index in [-0.39, 0.29) is 11.1 Å². The van der Waals surface area contributed by atoms with Gasteiger partial charge in [0.2, 0.25) is 5.91 Å². The third-order valence-electron chi connectivity index (χ3n) is 4.35. The van der Waals surface area contributed by atoms with E-state index >= 15 is 0 Å². The first-order valence-electron chi connectivity index (χ1n) is 7.75. The first kappa shape index (κ1) is 16.2. The summed E-state index contributed by atoms with van der Waals surface area (Å²) in [5, 5.41) is 7.86. The molecule has 1 fully saturated rings. The number of amides is 2. The van der Waals surface area contributed by atoms with Crippen LogP contribution in [0.3, 0.4) is 0 Å². The highest BCUT2D eigenvalue weighted by molar-refractivity contribution is 8.15. The van der Waals surface area contributed by atoms with E-state index in [9.17, 15) is 9.59 Å². The molecule has 1 atom stereocenters. The van der Waals surface area contributed by atoms with Gasteiger partial charge in [0.1, 0.15) is 5.82 Å². The van der Waals surface area contributed by atoms with Crippen molar-refractivity contribution in [3.05, 3.63) is 46.7 Å². The van der Waals surface area contributed by atoms with Crippen LogP contribution in [0.5, 0.6) is 0 Å². The molecule has 2 aromatic heterocycles. The van der Waals surface area contributed by atoms with Crippen molar-refractivity contribution in [1.29, 1.82) is 0 Å². The Hall–Kier alpha value is -2.25. The summed E-state index contributed by atoms with van der Waals surface area (Å²) in [5.74, 6) is 0.649. The molecule has 8 heteroatoms. The molecule has 1 unspecified atom stereocenters. The molecule has 2 amide bonds. The number of rotatable bonds is 3. The lowest BCUT2D eigenvalue weighted by Gasteiger charge is -2.11. The number of nitrogens with zero attached hydrogens (tertiary/aromatic N) is 3. The summed E-state index contributed by atoms with van der Waals surface area (Å²) < 4.78 is 3.85. The van der Waals surface area contributed by atoms with Crippen LogP contribution in [0.25, 0.3) is 16.7 Å². The fourth-order valence-corrected chi connectivity index (χ4v) is 4.26. The number of carbonyl (C=O) groups is 2. The van der Waals surface area contributed by atoms with Gasteiger partial charge in [0.15, 0.2) is 0 Å². The van der Waals surface area contributed by atoms with Crippen molar-refractivity contribution < 1.29 is 9.59 Å². The van der Waals surface area contributed by atoms with Crippen molar-refractivity contribution in [2.24, 2.45) is 7.05 Å². The summed E-state index contributed by atoms with van der Waals surface area (Å²) in [6, 6.07) is 7.72. The van der Waals surface area contributed by atoms with Crippen LogP contribution >= 0.6 is 23.4 Å². The van der Waals surface area contributed by atoms with Crippen LogP contribution < -0.4 is 5.32 Å². The molecular weight excluding hydrogens is 360 g/mol. The molecule has 3 aromatic rings. The summed E-state index contributed by atoms with van der Waals surface area (Å²) in [7, 11) is 1.88. The van der Waals surface area contributed by atoms with Gasteiger partial charge in [-0.15, -0.1) is 0 Å². The quantitative estimate of drug-likeness (QED) is 0.764. The maximum absolute atomic E-state index is 12.0. The summed E-state index contributed by atoms with van der Waals surface area (Å²) in [4.78, 5) is 23.4. The molecule has 0 bridgehead atoms. The third kappa shape index (κ3) is 2.73. The predicted molar refractivity (Wildman–Crippen MR) is 98.4 cm³/mol. The number of fused-ring (bicyclic) bond motifs is 1. The summed E-state index contributed by atoms with van der Waals surface area (Å²) >= 11 is 7.11. The molecule has 128 valence electrons. The van der Waals surface area contributed by atoms with Gasteiger partial charge in [-0.05, 0) is 37.6 Å². The number of nitrogens with one attached hydrogen (secondary N) is 1. The largest absolute Gasteiger partial charge is 0.301 e. The molecule has 0 radical (unpaired) electrons. The Balaban J connectivity index is 1.82. The lowest BCUT2D eigenvalue weighted by atomic mass is 10.1. The lowest BCUT2D eigenvalue weighted by Crippen LogP contribution is -2.25. The monoisotopic (exact) mass is 374 g/mol.